The zero-order valence-electron chi connectivity index (χ0n) is 14.3. The highest BCUT2D eigenvalue weighted by Gasteiger charge is 2.01. The highest BCUT2D eigenvalue weighted by atomic mass is 127. The minimum atomic E-state index is 0. The van der Waals surface area contributed by atoms with Gasteiger partial charge in [0.1, 0.15) is 0 Å². The fraction of sp³-hybridized carbons (Fsp3) is 0.529. The molecule has 0 bridgehead atoms. The van der Waals surface area contributed by atoms with Crippen molar-refractivity contribution in [3.8, 4) is 0 Å². The second-order valence-electron chi connectivity index (χ2n) is 5.21. The van der Waals surface area contributed by atoms with Gasteiger partial charge in [0.15, 0.2) is 5.96 Å². The van der Waals surface area contributed by atoms with Crippen molar-refractivity contribution in [3.05, 3.63) is 35.4 Å². The predicted molar refractivity (Wildman–Crippen MR) is 107 cm³/mol. The fourth-order valence-electron chi connectivity index (χ4n) is 1.85. The Bertz CT molecular complexity index is 474. The first kappa shape index (κ1) is 21.7. The van der Waals surface area contributed by atoms with Gasteiger partial charge in [-0.05, 0) is 25.8 Å². The maximum Gasteiger partial charge on any atom is 0.221 e. The van der Waals surface area contributed by atoms with Crippen molar-refractivity contribution in [3.63, 3.8) is 0 Å². The first-order valence-electron chi connectivity index (χ1n) is 8.00. The minimum absolute atomic E-state index is 0. The molecule has 6 heteroatoms. The number of nitrogens with one attached hydrogen (secondary N) is 3. The van der Waals surface area contributed by atoms with E-state index in [0.717, 1.165) is 25.5 Å². The van der Waals surface area contributed by atoms with Crippen molar-refractivity contribution in [2.45, 2.75) is 40.2 Å². The molecule has 0 atom stereocenters. The van der Waals surface area contributed by atoms with E-state index in [-0.39, 0.29) is 29.9 Å². The summed E-state index contributed by atoms with van der Waals surface area (Å²) in [4.78, 5) is 16.1. The molecule has 3 N–H and O–H groups in total. The van der Waals surface area contributed by atoms with E-state index in [1.165, 1.54) is 11.1 Å². The van der Waals surface area contributed by atoms with Crippen LogP contribution in [-0.2, 0) is 11.3 Å². The molecule has 0 spiro atoms. The second-order valence-corrected chi connectivity index (χ2v) is 5.21. The van der Waals surface area contributed by atoms with E-state index in [2.05, 4.69) is 52.1 Å². The van der Waals surface area contributed by atoms with Gasteiger partial charge in [-0.25, -0.2) is 4.99 Å². The molecule has 1 amide bonds. The number of aliphatic imine (C=N–C) groups is 1. The smallest absolute Gasteiger partial charge is 0.221 e. The summed E-state index contributed by atoms with van der Waals surface area (Å²) in [6.07, 6.45) is 1.41. The number of guanidine groups is 1. The topological polar surface area (TPSA) is 65.5 Å². The van der Waals surface area contributed by atoms with Crippen molar-refractivity contribution in [1.82, 2.24) is 16.0 Å². The van der Waals surface area contributed by atoms with Crippen LogP contribution in [0.15, 0.2) is 29.3 Å². The van der Waals surface area contributed by atoms with E-state index in [0.29, 0.717) is 19.5 Å². The molecule has 0 aliphatic carbocycles. The summed E-state index contributed by atoms with van der Waals surface area (Å²) in [6, 6.07) is 8.34. The molecule has 0 fully saturated rings. The minimum Gasteiger partial charge on any atom is -0.357 e. The van der Waals surface area contributed by atoms with Gasteiger partial charge in [0.25, 0.3) is 0 Å². The Hall–Kier alpha value is -1.31. The molecule has 0 aliphatic heterocycles. The van der Waals surface area contributed by atoms with Crippen molar-refractivity contribution >= 4 is 35.8 Å². The predicted octanol–water partition coefficient (Wildman–Crippen LogP) is 2.58. The molecule has 1 aromatic rings. The average Bonchev–Trinajstić information content (AvgIpc) is 2.52. The Morgan fingerprint density at radius 1 is 1.04 bits per heavy atom. The van der Waals surface area contributed by atoms with Crippen LogP contribution in [0.25, 0.3) is 0 Å². The summed E-state index contributed by atoms with van der Waals surface area (Å²) >= 11 is 0. The summed E-state index contributed by atoms with van der Waals surface area (Å²) in [6.45, 7) is 8.87. The van der Waals surface area contributed by atoms with Gasteiger partial charge in [0, 0.05) is 26.1 Å². The van der Waals surface area contributed by atoms with Crippen LogP contribution in [0, 0.1) is 6.92 Å². The van der Waals surface area contributed by atoms with E-state index >= 15 is 0 Å². The number of benzene rings is 1. The van der Waals surface area contributed by atoms with Gasteiger partial charge in [-0.1, -0.05) is 36.8 Å². The Balaban J connectivity index is 0.00000484. The monoisotopic (exact) mass is 432 g/mol. The van der Waals surface area contributed by atoms with Crippen LogP contribution in [0.4, 0.5) is 0 Å². The molecule has 0 unspecified atom stereocenters. The number of hydrogen-bond donors (Lipinski definition) is 3. The van der Waals surface area contributed by atoms with Crippen LogP contribution in [0.3, 0.4) is 0 Å². The van der Waals surface area contributed by atoms with Gasteiger partial charge < -0.3 is 16.0 Å². The van der Waals surface area contributed by atoms with Gasteiger partial charge >= 0.3 is 0 Å². The molecule has 130 valence electrons. The van der Waals surface area contributed by atoms with E-state index in [4.69, 9.17) is 0 Å². The van der Waals surface area contributed by atoms with Crippen molar-refractivity contribution in [2.24, 2.45) is 4.99 Å². The number of aryl methyl sites for hydroxylation is 1. The number of amides is 1. The number of rotatable bonds is 8. The quantitative estimate of drug-likeness (QED) is 0.336. The first-order valence-corrected chi connectivity index (χ1v) is 8.00. The Labute approximate surface area is 156 Å². The normalized spacial score (nSPS) is 10.7. The third kappa shape index (κ3) is 10.1. The zero-order valence-corrected chi connectivity index (χ0v) is 16.6. The maximum absolute atomic E-state index is 11.5. The van der Waals surface area contributed by atoms with E-state index in [1.54, 1.807) is 0 Å². The van der Waals surface area contributed by atoms with Crippen LogP contribution >= 0.6 is 24.0 Å². The van der Waals surface area contributed by atoms with E-state index in [1.807, 2.05) is 13.8 Å². The summed E-state index contributed by atoms with van der Waals surface area (Å²) in [5.74, 6) is 0.815. The lowest BCUT2D eigenvalue weighted by atomic mass is 10.1. The summed E-state index contributed by atoms with van der Waals surface area (Å²) < 4.78 is 0. The summed E-state index contributed by atoms with van der Waals surface area (Å²) in [5, 5.41) is 9.24. The number of nitrogens with zero attached hydrogens (tertiary/aromatic N) is 1. The maximum atomic E-state index is 11.5. The highest BCUT2D eigenvalue weighted by molar-refractivity contribution is 14.0. The number of halogens is 1. The molecule has 0 aromatic heterocycles. The molecule has 0 heterocycles. The van der Waals surface area contributed by atoms with Crippen LogP contribution in [-0.4, -0.2) is 31.5 Å². The van der Waals surface area contributed by atoms with Gasteiger partial charge in [-0.15, -0.1) is 24.0 Å². The average molecular weight is 432 g/mol. The standard InChI is InChI=1S/C17H28N4O.HI/c1-4-11-19-16(22)10-12-20-17(18-5-2)21-13-15-8-6-14(3)7-9-15;/h6-9H,4-5,10-13H2,1-3H3,(H,19,22)(H2,18,20,21);1H. The van der Waals surface area contributed by atoms with Crippen molar-refractivity contribution < 1.29 is 4.79 Å². The van der Waals surface area contributed by atoms with Crippen LogP contribution < -0.4 is 16.0 Å². The van der Waals surface area contributed by atoms with Crippen molar-refractivity contribution in [2.75, 3.05) is 19.6 Å². The van der Waals surface area contributed by atoms with Gasteiger partial charge in [0.05, 0.1) is 6.54 Å². The molecular formula is C17H29IN4O. The van der Waals surface area contributed by atoms with Gasteiger partial charge in [-0.3, -0.25) is 4.79 Å². The Morgan fingerprint density at radius 3 is 2.35 bits per heavy atom. The molecule has 1 rings (SSSR count). The van der Waals surface area contributed by atoms with E-state index < -0.39 is 0 Å². The zero-order chi connectivity index (χ0) is 16.2. The van der Waals surface area contributed by atoms with Gasteiger partial charge in [0.2, 0.25) is 5.91 Å². The SMILES string of the molecule is CCCNC(=O)CCNC(=NCc1ccc(C)cc1)NCC.I. The largest absolute Gasteiger partial charge is 0.357 e. The lowest BCUT2D eigenvalue weighted by Gasteiger charge is -2.11. The second kappa shape index (κ2) is 13.2. The summed E-state index contributed by atoms with van der Waals surface area (Å²) in [5.41, 5.74) is 2.42. The Morgan fingerprint density at radius 2 is 1.74 bits per heavy atom. The third-order valence-electron chi connectivity index (χ3n) is 3.10. The van der Waals surface area contributed by atoms with Crippen molar-refractivity contribution in [1.29, 1.82) is 0 Å². The number of carbonyl (C=O) groups is 1. The van der Waals surface area contributed by atoms with E-state index in [9.17, 15) is 4.79 Å². The third-order valence-corrected chi connectivity index (χ3v) is 3.10. The Kier molecular flexibility index (Phi) is 12.4. The number of hydrogen-bond acceptors (Lipinski definition) is 2. The highest BCUT2D eigenvalue weighted by Crippen LogP contribution is 2.04. The number of carbonyl (C=O) groups excluding carboxylic acids is 1. The van der Waals surface area contributed by atoms with Crippen LogP contribution in [0.2, 0.25) is 0 Å². The molecular weight excluding hydrogens is 403 g/mol. The molecule has 0 radical (unpaired) electrons. The molecule has 0 aliphatic rings. The molecule has 23 heavy (non-hydrogen) atoms. The molecule has 0 saturated heterocycles. The molecule has 0 saturated carbocycles. The fourth-order valence-corrected chi connectivity index (χ4v) is 1.85. The van der Waals surface area contributed by atoms with Crippen LogP contribution in [0.5, 0.6) is 0 Å². The molecule has 5 nitrogen and oxygen atoms in total. The lowest BCUT2D eigenvalue weighted by Crippen LogP contribution is -2.39. The lowest BCUT2D eigenvalue weighted by molar-refractivity contribution is -0.120. The van der Waals surface area contributed by atoms with Gasteiger partial charge in [-0.2, -0.15) is 0 Å². The van der Waals surface area contributed by atoms with Crippen LogP contribution in [0.1, 0.15) is 37.8 Å². The molecule has 1 aromatic carbocycles. The summed E-state index contributed by atoms with van der Waals surface area (Å²) in [7, 11) is 0. The first-order chi connectivity index (χ1) is 10.7.